The maximum absolute atomic E-state index is 13.2. The van der Waals surface area contributed by atoms with E-state index in [1.54, 1.807) is 51.3 Å². The van der Waals surface area contributed by atoms with Gasteiger partial charge in [0.2, 0.25) is 0 Å². The van der Waals surface area contributed by atoms with Crippen LogP contribution in [0.15, 0.2) is 40.9 Å². The van der Waals surface area contributed by atoms with E-state index in [0.29, 0.717) is 57.1 Å². The number of methoxy groups -OCH3 is 2. The fourth-order valence-corrected chi connectivity index (χ4v) is 3.72. The summed E-state index contributed by atoms with van der Waals surface area (Å²) in [6, 6.07) is 10.8. The number of benzene rings is 2. The first kappa shape index (κ1) is 22.0. The molecule has 0 N–H and O–H groups in total. The quantitative estimate of drug-likeness (QED) is 0.491. The van der Waals surface area contributed by atoms with Crippen LogP contribution >= 0.6 is 23.2 Å². The third-order valence-corrected chi connectivity index (χ3v) is 5.44. The average molecular weight is 449 g/mol. The van der Waals surface area contributed by atoms with Crippen molar-refractivity contribution in [3.63, 3.8) is 0 Å². The summed E-state index contributed by atoms with van der Waals surface area (Å²) in [5.41, 5.74) is 2.18. The maximum Gasteiger partial charge on any atom is 0.259 e. The molecule has 0 fully saturated rings. The zero-order chi connectivity index (χ0) is 21.8. The smallest absolute Gasteiger partial charge is 0.259 e. The molecule has 0 aliphatic carbocycles. The fraction of sp³-hybridized carbons (Fsp3) is 0.273. The number of nitrogens with zero attached hydrogens (tertiary/aromatic N) is 2. The Morgan fingerprint density at radius 3 is 2.40 bits per heavy atom. The van der Waals surface area contributed by atoms with Gasteiger partial charge in [0.05, 0.1) is 24.3 Å². The van der Waals surface area contributed by atoms with Gasteiger partial charge in [0, 0.05) is 19.2 Å². The summed E-state index contributed by atoms with van der Waals surface area (Å²) in [5, 5.41) is 4.85. The van der Waals surface area contributed by atoms with Crippen LogP contribution in [-0.2, 0) is 6.42 Å². The first-order valence-corrected chi connectivity index (χ1v) is 10.00. The summed E-state index contributed by atoms with van der Waals surface area (Å²) in [5.74, 6) is 1.49. The average Bonchev–Trinajstić information content (AvgIpc) is 3.11. The van der Waals surface area contributed by atoms with Crippen LogP contribution in [0.4, 0.5) is 0 Å². The van der Waals surface area contributed by atoms with Crippen molar-refractivity contribution in [1.29, 1.82) is 0 Å². The second kappa shape index (κ2) is 9.41. The standard InChI is InChI=1S/C22H22Cl2N2O4/c1-13-19(21(25-30-13)20-15(23)6-5-7-16(20)24)22(27)26(2)11-10-14-8-9-17(28-3)18(12-14)29-4/h5-9,12H,10-11H2,1-4H3. The van der Waals surface area contributed by atoms with Crippen molar-refractivity contribution >= 4 is 29.1 Å². The van der Waals surface area contributed by atoms with E-state index >= 15 is 0 Å². The van der Waals surface area contributed by atoms with Gasteiger partial charge in [-0.3, -0.25) is 4.79 Å². The topological polar surface area (TPSA) is 64.8 Å². The molecule has 0 saturated carbocycles. The van der Waals surface area contributed by atoms with Crippen LogP contribution in [0, 0.1) is 6.92 Å². The van der Waals surface area contributed by atoms with Gasteiger partial charge in [-0.15, -0.1) is 0 Å². The summed E-state index contributed by atoms with van der Waals surface area (Å²) in [6.45, 7) is 2.17. The predicted molar refractivity (Wildman–Crippen MR) is 117 cm³/mol. The zero-order valence-corrected chi connectivity index (χ0v) is 18.7. The van der Waals surface area contributed by atoms with Crippen molar-refractivity contribution in [2.45, 2.75) is 13.3 Å². The summed E-state index contributed by atoms with van der Waals surface area (Å²) >= 11 is 12.6. The highest BCUT2D eigenvalue weighted by molar-refractivity contribution is 6.39. The van der Waals surface area contributed by atoms with Crippen LogP contribution in [-0.4, -0.2) is 43.8 Å². The number of likely N-dealkylation sites (N-methyl/N-ethyl adjacent to an activating group) is 1. The van der Waals surface area contributed by atoms with Gasteiger partial charge in [0.25, 0.3) is 5.91 Å². The Hall–Kier alpha value is -2.70. The van der Waals surface area contributed by atoms with E-state index < -0.39 is 0 Å². The number of carbonyl (C=O) groups excluding carboxylic acids is 1. The van der Waals surface area contributed by atoms with Gasteiger partial charge < -0.3 is 18.9 Å². The Balaban J connectivity index is 1.82. The Kier molecular flexibility index (Phi) is 6.90. The molecule has 0 unspecified atom stereocenters. The van der Waals surface area contributed by atoms with E-state index in [0.717, 1.165) is 5.56 Å². The molecule has 1 aromatic heterocycles. The summed E-state index contributed by atoms with van der Waals surface area (Å²) in [7, 11) is 4.91. The molecule has 0 aliphatic heterocycles. The molecule has 3 rings (SSSR count). The van der Waals surface area contributed by atoms with Crippen LogP contribution in [0.5, 0.6) is 11.5 Å². The lowest BCUT2D eigenvalue weighted by molar-refractivity contribution is 0.0795. The SMILES string of the molecule is COc1ccc(CCN(C)C(=O)c2c(-c3c(Cl)cccc3Cl)noc2C)cc1OC. The molecule has 1 amide bonds. The lowest BCUT2D eigenvalue weighted by Crippen LogP contribution is -2.29. The lowest BCUT2D eigenvalue weighted by Gasteiger charge is -2.18. The van der Waals surface area contributed by atoms with Crippen molar-refractivity contribution in [3.05, 3.63) is 63.3 Å². The van der Waals surface area contributed by atoms with E-state index in [-0.39, 0.29) is 5.91 Å². The molecule has 3 aromatic rings. The molecule has 0 aliphatic rings. The number of amides is 1. The highest BCUT2D eigenvalue weighted by atomic mass is 35.5. The van der Waals surface area contributed by atoms with Crippen LogP contribution in [0.2, 0.25) is 10.0 Å². The van der Waals surface area contributed by atoms with Crippen LogP contribution in [0.25, 0.3) is 11.3 Å². The van der Waals surface area contributed by atoms with Crippen LogP contribution in [0.1, 0.15) is 21.7 Å². The highest BCUT2D eigenvalue weighted by Crippen LogP contribution is 2.37. The van der Waals surface area contributed by atoms with Gasteiger partial charge in [0.1, 0.15) is 17.0 Å². The van der Waals surface area contributed by atoms with Gasteiger partial charge in [-0.2, -0.15) is 0 Å². The minimum Gasteiger partial charge on any atom is -0.493 e. The van der Waals surface area contributed by atoms with E-state index in [4.69, 9.17) is 37.2 Å². The number of aryl methyl sites for hydroxylation is 1. The Morgan fingerprint density at radius 1 is 1.10 bits per heavy atom. The van der Waals surface area contributed by atoms with Gasteiger partial charge in [0.15, 0.2) is 11.5 Å². The van der Waals surface area contributed by atoms with Gasteiger partial charge in [-0.1, -0.05) is 40.5 Å². The third-order valence-electron chi connectivity index (χ3n) is 4.81. The van der Waals surface area contributed by atoms with E-state index in [2.05, 4.69) is 5.16 Å². The van der Waals surface area contributed by atoms with E-state index in [1.165, 1.54) is 0 Å². The minimum atomic E-state index is -0.222. The molecule has 0 spiro atoms. The Labute approximate surface area is 185 Å². The summed E-state index contributed by atoms with van der Waals surface area (Å²) in [4.78, 5) is 14.8. The number of rotatable bonds is 7. The summed E-state index contributed by atoms with van der Waals surface area (Å²) in [6.07, 6.45) is 0.634. The largest absolute Gasteiger partial charge is 0.493 e. The lowest BCUT2D eigenvalue weighted by atomic mass is 10.0. The molecule has 30 heavy (non-hydrogen) atoms. The van der Waals surface area contributed by atoms with E-state index in [1.807, 2.05) is 18.2 Å². The number of hydrogen-bond acceptors (Lipinski definition) is 5. The first-order valence-electron chi connectivity index (χ1n) is 9.24. The number of ether oxygens (including phenoxy) is 2. The molecule has 8 heteroatoms. The number of aromatic nitrogens is 1. The molecule has 0 saturated heterocycles. The molecule has 158 valence electrons. The summed E-state index contributed by atoms with van der Waals surface area (Å²) < 4.78 is 15.9. The number of hydrogen-bond donors (Lipinski definition) is 0. The molecule has 0 radical (unpaired) electrons. The van der Waals surface area contributed by atoms with Crippen molar-refractivity contribution < 1.29 is 18.8 Å². The first-order chi connectivity index (χ1) is 14.4. The number of carbonyl (C=O) groups is 1. The maximum atomic E-state index is 13.2. The van der Waals surface area contributed by atoms with Crippen molar-refractivity contribution in [2.24, 2.45) is 0 Å². The number of halogens is 2. The van der Waals surface area contributed by atoms with Gasteiger partial charge >= 0.3 is 0 Å². The van der Waals surface area contributed by atoms with Crippen molar-refractivity contribution in [2.75, 3.05) is 27.8 Å². The third kappa shape index (κ3) is 4.40. The highest BCUT2D eigenvalue weighted by Gasteiger charge is 2.26. The van der Waals surface area contributed by atoms with Crippen molar-refractivity contribution in [1.82, 2.24) is 10.1 Å². The van der Waals surface area contributed by atoms with Crippen LogP contribution in [0.3, 0.4) is 0 Å². The molecule has 2 aromatic carbocycles. The second-order valence-corrected chi connectivity index (χ2v) is 7.54. The molecule has 0 atom stereocenters. The van der Waals surface area contributed by atoms with Gasteiger partial charge in [-0.05, 0) is 43.2 Å². The normalized spacial score (nSPS) is 10.7. The van der Waals surface area contributed by atoms with Crippen molar-refractivity contribution in [3.8, 4) is 22.8 Å². The molecular weight excluding hydrogens is 427 g/mol. The Morgan fingerprint density at radius 2 is 1.77 bits per heavy atom. The Bertz CT molecular complexity index is 1050. The molecule has 0 bridgehead atoms. The second-order valence-electron chi connectivity index (χ2n) is 6.73. The molecule has 1 heterocycles. The predicted octanol–water partition coefficient (Wildman–Crippen LogP) is 5.29. The molecule has 6 nitrogen and oxygen atoms in total. The molecular formula is C22H22Cl2N2O4. The van der Waals surface area contributed by atoms with Gasteiger partial charge in [-0.25, -0.2) is 0 Å². The zero-order valence-electron chi connectivity index (χ0n) is 17.2. The monoisotopic (exact) mass is 448 g/mol. The van der Waals surface area contributed by atoms with E-state index in [9.17, 15) is 4.79 Å². The van der Waals surface area contributed by atoms with Crippen LogP contribution < -0.4 is 9.47 Å². The minimum absolute atomic E-state index is 0.222. The fourth-order valence-electron chi connectivity index (χ4n) is 3.14.